The van der Waals surface area contributed by atoms with Crippen molar-refractivity contribution < 1.29 is 19.4 Å². The van der Waals surface area contributed by atoms with Crippen molar-refractivity contribution >= 4 is 46.1 Å². The third kappa shape index (κ3) is 6.82. The number of ether oxygens (including phenoxy) is 1. The lowest BCUT2D eigenvalue weighted by Crippen LogP contribution is -2.50. The maximum absolute atomic E-state index is 12.6. The zero-order valence-corrected chi connectivity index (χ0v) is 21.8. The molecule has 4 N–H and O–H groups in total. The molecule has 200 valence electrons. The number of hydrogen-bond donors (Lipinski definition) is 3. The number of nitrogens with two attached hydrogens (primary N) is 1. The van der Waals surface area contributed by atoms with E-state index in [9.17, 15) is 9.59 Å². The van der Waals surface area contributed by atoms with Gasteiger partial charge >= 0.3 is 0 Å². The Kier molecular flexibility index (Phi) is 8.96. The van der Waals surface area contributed by atoms with Crippen molar-refractivity contribution in [2.24, 2.45) is 5.73 Å². The minimum absolute atomic E-state index is 0.00501. The molecule has 5 rings (SSSR count). The highest BCUT2D eigenvalue weighted by molar-refractivity contribution is 6.32. The summed E-state index contributed by atoms with van der Waals surface area (Å²) < 4.78 is 5.86. The summed E-state index contributed by atoms with van der Waals surface area (Å²) in [5.74, 6) is 0.0446. The molecule has 0 bridgehead atoms. The number of aromatic nitrogens is 1. The fourth-order valence-corrected chi connectivity index (χ4v) is 4.39. The molecule has 0 saturated carbocycles. The summed E-state index contributed by atoms with van der Waals surface area (Å²) in [6, 6.07) is 19.5. The van der Waals surface area contributed by atoms with Crippen LogP contribution in [0.25, 0.3) is 10.8 Å². The van der Waals surface area contributed by atoms with Crippen molar-refractivity contribution in [1.29, 1.82) is 5.41 Å². The van der Waals surface area contributed by atoms with Crippen LogP contribution in [0.3, 0.4) is 0 Å². The third-order valence-electron chi connectivity index (χ3n) is 6.32. The van der Waals surface area contributed by atoms with Crippen molar-refractivity contribution in [3.05, 3.63) is 95.3 Å². The van der Waals surface area contributed by atoms with Gasteiger partial charge in [-0.05, 0) is 47.9 Å². The second kappa shape index (κ2) is 12.7. The Labute approximate surface area is 230 Å². The van der Waals surface area contributed by atoms with E-state index in [0.717, 1.165) is 35.1 Å². The molecule has 0 spiro atoms. The van der Waals surface area contributed by atoms with Gasteiger partial charge in [0.1, 0.15) is 11.5 Å². The van der Waals surface area contributed by atoms with Crippen LogP contribution in [0.15, 0.2) is 79.1 Å². The van der Waals surface area contributed by atoms with Gasteiger partial charge in [0, 0.05) is 67.0 Å². The first-order valence-corrected chi connectivity index (χ1v) is 12.6. The molecule has 2 heterocycles. The molecule has 39 heavy (non-hydrogen) atoms. The number of nitrogens with one attached hydrogen (secondary N) is 1. The molecular formula is C29H28ClN5O4. The van der Waals surface area contributed by atoms with Gasteiger partial charge in [-0.1, -0.05) is 35.9 Å². The third-order valence-corrected chi connectivity index (χ3v) is 6.62. The van der Waals surface area contributed by atoms with Crippen LogP contribution in [0.1, 0.15) is 15.9 Å². The fraction of sp³-hybridized carbons (Fsp3) is 0.172. The molecule has 1 saturated heterocycles. The van der Waals surface area contributed by atoms with E-state index in [1.54, 1.807) is 12.4 Å². The fourth-order valence-electron chi connectivity index (χ4n) is 4.21. The molecule has 9 nitrogen and oxygen atoms in total. The van der Waals surface area contributed by atoms with E-state index in [4.69, 9.17) is 32.6 Å². The Bertz CT molecular complexity index is 1470. The van der Waals surface area contributed by atoms with Crippen molar-refractivity contribution in [3.8, 4) is 11.5 Å². The number of piperazine rings is 1. The summed E-state index contributed by atoms with van der Waals surface area (Å²) in [4.78, 5) is 31.3. The molecule has 1 fully saturated rings. The Morgan fingerprint density at radius 1 is 1.00 bits per heavy atom. The van der Waals surface area contributed by atoms with Crippen molar-refractivity contribution in [3.63, 3.8) is 0 Å². The minimum Gasteiger partial charge on any atom is -0.506 e. The zero-order valence-electron chi connectivity index (χ0n) is 21.1. The molecule has 10 heteroatoms. The van der Waals surface area contributed by atoms with Crippen LogP contribution in [0.4, 0.5) is 5.69 Å². The van der Waals surface area contributed by atoms with Gasteiger partial charge in [0.15, 0.2) is 6.61 Å². The minimum atomic E-state index is -0.563. The number of phenols is 1. The summed E-state index contributed by atoms with van der Waals surface area (Å²) in [6.45, 7) is 2.97. The van der Waals surface area contributed by atoms with Crippen LogP contribution in [-0.4, -0.2) is 65.8 Å². The highest BCUT2D eigenvalue weighted by Crippen LogP contribution is 2.28. The molecule has 2 amide bonds. The summed E-state index contributed by atoms with van der Waals surface area (Å²) in [6.07, 6.45) is 4.91. The molecule has 1 aliphatic heterocycles. The van der Waals surface area contributed by atoms with Crippen LogP contribution in [0.2, 0.25) is 5.02 Å². The van der Waals surface area contributed by atoms with E-state index in [-0.39, 0.29) is 28.8 Å². The topological polar surface area (TPSA) is 133 Å². The second-order valence-electron chi connectivity index (χ2n) is 8.74. The van der Waals surface area contributed by atoms with E-state index in [0.29, 0.717) is 18.8 Å². The number of phenolic OH excluding ortho intramolecular Hbond substituents is 1. The molecule has 0 radical (unpaired) electrons. The Hall–Kier alpha value is -4.63. The highest BCUT2D eigenvalue weighted by Gasteiger charge is 2.22. The molecule has 0 aliphatic carbocycles. The smallest absolute Gasteiger partial charge is 0.260 e. The maximum atomic E-state index is 12.6. The van der Waals surface area contributed by atoms with E-state index >= 15 is 0 Å². The summed E-state index contributed by atoms with van der Waals surface area (Å²) in [5.41, 5.74) is 7.21. The average molecular weight is 546 g/mol. The zero-order chi connectivity index (χ0) is 27.8. The summed E-state index contributed by atoms with van der Waals surface area (Å²) in [5, 5.41) is 18.5. The average Bonchev–Trinajstić information content (AvgIpc) is 2.98. The van der Waals surface area contributed by atoms with Crippen LogP contribution in [0.5, 0.6) is 11.5 Å². The molecular weight excluding hydrogens is 518 g/mol. The lowest BCUT2D eigenvalue weighted by atomic mass is 10.0. The van der Waals surface area contributed by atoms with E-state index in [1.165, 1.54) is 24.4 Å². The number of amides is 2. The Morgan fingerprint density at radius 3 is 2.33 bits per heavy atom. The summed E-state index contributed by atoms with van der Waals surface area (Å²) >= 11 is 5.50. The lowest BCUT2D eigenvalue weighted by molar-refractivity contribution is -0.133. The van der Waals surface area contributed by atoms with Crippen LogP contribution < -0.4 is 15.4 Å². The second-order valence-corrected chi connectivity index (χ2v) is 9.14. The molecule has 3 aromatic carbocycles. The molecule has 0 atom stereocenters. The lowest BCUT2D eigenvalue weighted by Gasteiger charge is -2.36. The number of rotatable bonds is 6. The number of pyridine rings is 1. The molecule has 1 aliphatic rings. The number of halogens is 1. The van der Waals surface area contributed by atoms with E-state index < -0.39 is 5.91 Å². The monoisotopic (exact) mass is 545 g/mol. The SMILES string of the molecule is N=Cc1ccc(OCC(=O)N2CCN(c3ccncc3)CC2)c2ccccc12.NC(=O)c1ccc(O)c(Cl)c1. The number of fused-ring (bicyclic) bond motifs is 1. The maximum Gasteiger partial charge on any atom is 0.260 e. The predicted molar refractivity (Wildman–Crippen MR) is 152 cm³/mol. The standard InChI is InChI=1S/C22H22N4O2.C7H6ClNO2/c23-15-17-5-6-21(20-4-2-1-3-19(17)20)28-16-22(27)26-13-11-25(12-14-26)18-7-9-24-10-8-18;8-5-3-4(7(9)11)1-2-6(5)10/h1-10,15,23H,11-14,16H2;1-3,10H,(H2,9,11). The number of aromatic hydroxyl groups is 1. The Balaban J connectivity index is 0.000000270. The van der Waals surface area contributed by atoms with Gasteiger partial charge in [-0.15, -0.1) is 0 Å². The van der Waals surface area contributed by atoms with Crippen LogP contribution >= 0.6 is 11.6 Å². The van der Waals surface area contributed by atoms with Gasteiger partial charge < -0.3 is 30.8 Å². The van der Waals surface area contributed by atoms with Crippen LogP contribution in [0, 0.1) is 5.41 Å². The normalized spacial score (nSPS) is 12.8. The largest absolute Gasteiger partial charge is 0.506 e. The first-order chi connectivity index (χ1) is 18.9. The summed E-state index contributed by atoms with van der Waals surface area (Å²) in [7, 11) is 0. The van der Waals surface area contributed by atoms with E-state index in [2.05, 4.69) is 9.88 Å². The van der Waals surface area contributed by atoms with Gasteiger partial charge in [0.2, 0.25) is 5.91 Å². The quantitative estimate of drug-likeness (QED) is 0.312. The number of nitrogens with zero attached hydrogens (tertiary/aromatic N) is 3. The van der Waals surface area contributed by atoms with Gasteiger partial charge in [-0.3, -0.25) is 14.6 Å². The number of carbonyl (C=O) groups excluding carboxylic acids is 2. The molecule has 4 aromatic rings. The highest BCUT2D eigenvalue weighted by atomic mass is 35.5. The first kappa shape index (κ1) is 27.4. The van der Waals surface area contributed by atoms with Gasteiger partial charge in [0.25, 0.3) is 5.91 Å². The number of benzene rings is 3. The number of primary amides is 1. The predicted octanol–water partition coefficient (Wildman–Crippen LogP) is 4.10. The molecule has 1 aromatic heterocycles. The van der Waals surface area contributed by atoms with Crippen molar-refractivity contribution in [2.75, 3.05) is 37.7 Å². The number of carbonyl (C=O) groups is 2. The van der Waals surface area contributed by atoms with Gasteiger partial charge in [-0.25, -0.2) is 0 Å². The Morgan fingerprint density at radius 2 is 1.69 bits per heavy atom. The van der Waals surface area contributed by atoms with Gasteiger partial charge in [0.05, 0.1) is 5.02 Å². The molecule has 0 unspecified atom stereocenters. The van der Waals surface area contributed by atoms with Crippen LogP contribution in [-0.2, 0) is 4.79 Å². The van der Waals surface area contributed by atoms with Gasteiger partial charge in [-0.2, -0.15) is 0 Å². The van der Waals surface area contributed by atoms with E-state index in [1.807, 2.05) is 53.4 Å². The van der Waals surface area contributed by atoms with Crippen molar-refractivity contribution in [1.82, 2.24) is 9.88 Å². The number of anilines is 1. The first-order valence-electron chi connectivity index (χ1n) is 12.2. The van der Waals surface area contributed by atoms with Crippen molar-refractivity contribution in [2.45, 2.75) is 0 Å². The number of hydrogen-bond acceptors (Lipinski definition) is 7.